The van der Waals surface area contributed by atoms with Crippen molar-refractivity contribution in [1.29, 1.82) is 0 Å². The molecule has 27 heavy (non-hydrogen) atoms. The van der Waals surface area contributed by atoms with Crippen LogP contribution < -0.4 is 20.7 Å². The van der Waals surface area contributed by atoms with E-state index in [0.717, 1.165) is 6.42 Å². The van der Waals surface area contributed by atoms with Crippen molar-refractivity contribution in [2.24, 2.45) is 5.73 Å². The molecule has 1 aromatic carbocycles. The summed E-state index contributed by atoms with van der Waals surface area (Å²) in [5.41, 5.74) is 8.88. The summed E-state index contributed by atoms with van der Waals surface area (Å²) in [6.07, 6.45) is 4.04. The van der Waals surface area contributed by atoms with Crippen molar-refractivity contribution in [1.82, 2.24) is 5.48 Å². The average molecular weight is 384 g/mol. The third-order valence-corrected chi connectivity index (χ3v) is 4.33. The molecule has 0 aromatic heterocycles. The van der Waals surface area contributed by atoms with Crippen LogP contribution in [0.5, 0.6) is 11.5 Å². The Bertz CT molecular complexity index is 705. The van der Waals surface area contributed by atoms with E-state index in [1.165, 1.54) is 6.07 Å². The van der Waals surface area contributed by atoms with Crippen LogP contribution in [-0.4, -0.2) is 37.9 Å². The van der Waals surface area contributed by atoms with E-state index in [2.05, 4.69) is 10.2 Å². The van der Waals surface area contributed by atoms with Gasteiger partial charge in [0.2, 0.25) is 5.91 Å². The van der Waals surface area contributed by atoms with E-state index in [0.29, 0.717) is 37.3 Å². The lowest BCUT2D eigenvalue weighted by Gasteiger charge is -2.15. The number of ether oxygens (including phenoxy) is 3. The average Bonchev–Trinajstić information content (AvgIpc) is 3.25. The minimum absolute atomic E-state index is 0.0536. The number of carbonyl (C=O) groups excluding carboxylic acids is 1. The lowest BCUT2D eigenvalue weighted by Crippen LogP contribution is -2.29. The number of hydrogen-bond acceptors (Lipinski definition) is 6. The summed E-state index contributed by atoms with van der Waals surface area (Å²) in [6.45, 7) is -1.64. The Morgan fingerprint density at radius 1 is 1.33 bits per heavy atom. The highest BCUT2D eigenvalue weighted by atomic mass is 19.3. The highest BCUT2D eigenvalue weighted by molar-refractivity contribution is 5.73. The van der Waals surface area contributed by atoms with E-state index in [1.807, 2.05) is 6.08 Å². The number of nitrogens with one attached hydrogen (secondary N) is 1. The van der Waals surface area contributed by atoms with Crippen molar-refractivity contribution < 1.29 is 32.6 Å². The van der Waals surface area contributed by atoms with Gasteiger partial charge in [0.25, 0.3) is 0 Å². The van der Waals surface area contributed by atoms with Crippen LogP contribution in [0.15, 0.2) is 24.3 Å². The molecule has 7 nitrogen and oxygen atoms in total. The van der Waals surface area contributed by atoms with Crippen LogP contribution >= 0.6 is 0 Å². The standard InChI is InChI=1S/C18H22F2N2O5/c19-17(20)26-14-5-4-12(9-15(14)25-7-2-1-3-16(21)23)13-10-18(27-22-13)6-8-24-11-18/h4-5,9-10,17,22H,1-3,6-8,11H2,(H2,21,23). The summed E-state index contributed by atoms with van der Waals surface area (Å²) in [5.74, 6) is -0.247. The Labute approximate surface area is 155 Å². The fourth-order valence-corrected chi connectivity index (χ4v) is 2.94. The molecule has 0 saturated carbocycles. The van der Waals surface area contributed by atoms with E-state index >= 15 is 0 Å². The Kier molecular flexibility index (Phi) is 6.12. The number of hydroxylamine groups is 1. The number of nitrogens with two attached hydrogens (primary N) is 1. The maximum absolute atomic E-state index is 12.6. The first kappa shape index (κ1) is 19.4. The van der Waals surface area contributed by atoms with Gasteiger partial charge in [-0.15, -0.1) is 0 Å². The van der Waals surface area contributed by atoms with Gasteiger partial charge in [0, 0.05) is 25.0 Å². The summed E-state index contributed by atoms with van der Waals surface area (Å²) in [5, 5.41) is 0. The molecule has 3 N–H and O–H groups in total. The summed E-state index contributed by atoms with van der Waals surface area (Å²) in [4.78, 5) is 16.4. The van der Waals surface area contributed by atoms with E-state index in [4.69, 9.17) is 20.0 Å². The van der Waals surface area contributed by atoms with Crippen molar-refractivity contribution >= 4 is 11.6 Å². The second-order valence-corrected chi connectivity index (χ2v) is 6.44. The monoisotopic (exact) mass is 384 g/mol. The Balaban J connectivity index is 1.71. The van der Waals surface area contributed by atoms with Gasteiger partial charge in [0.1, 0.15) is 5.60 Å². The molecule has 0 bridgehead atoms. The molecule has 1 amide bonds. The summed E-state index contributed by atoms with van der Waals surface area (Å²) in [7, 11) is 0. The second-order valence-electron chi connectivity index (χ2n) is 6.44. The first-order chi connectivity index (χ1) is 13.0. The quantitative estimate of drug-likeness (QED) is 0.635. The minimum atomic E-state index is -2.96. The van der Waals surface area contributed by atoms with Crippen LogP contribution in [0.2, 0.25) is 0 Å². The third-order valence-electron chi connectivity index (χ3n) is 4.33. The van der Waals surface area contributed by atoms with E-state index in [1.54, 1.807) is 12.1 Å². The van der Waals surface area contributed by atoms with Gasteiger partial charge in [-0.2, -0.15) is 8.78 Å². The van der Waals surface area contributed by atoms with Crippen LogP contribution in [-0.2, 0) is 14.4 Å². The van der Waals surface area contributed by atoms with E-state index in [-0.39, 0.29) is 30.4 Å². The number of unbranched alkanes of at least 4 members (excludes halogenated alkanes) is 1. The molecule has 1 fully saturated rings. The van der Waals surface area contributed by atoms with Crippen LogP contribution in [0.3, 0.4) is 0 Å². The maximum Gasteiger partial charge on any atom is 0.387 e. The third kappa shape index (κ3) is 5.08. The first-order valence-corrected chi connectivity index (χ1v) is 8.72. The maximum atomic E-state index is 12.6. The second kappa shape index (κ2) is 8.53. The molecule has 0 aliphatic carbocycles. The van der Waals surface area contributed by atoms with Crippen LogP contribution in [0.1, 0.15) is 31.2 Å². The molecule has 1 spiro atoms. The van der Waals surface area contributed by atoms with E-state index < -0.39 is 12.2 Å². The molecule has 148 valence electrons. The topological polar surface area (TPSA) is 92.0 Å². The molecule has 9 heteroatoms. The molecule has 2 aliphatic heterocycles. The normalized spacial score (nSPS) is 21.4. The van der Waals surface area contributed by atoms with Gasteiger partial charge in [0.15, 0.2) is 11.5 Å². The van der Waals surface area contributed by atoms with Gasteiger partial charge in [-0.05, 0) is 37.1 Å². The molecular formula is C18H22F2N2O5. The van der Waals surface area contributed by atoms with Crippen molar-refractivity contribution in [2.75, 3.05) is 19.8 Å². The number of hydrogen-bond donors (Lipinski definition) is 2. The van der Waals surface area contributed by atoms with Crippen molar-refractivity contribution in [3.63, 3.8) is 0 Å². The SMILES string of the molecule is NC(=O)CCCCOc1cc(C2=CC3(CCOC3)ON2)ccc1OC(F)F. The number of benzene rings is 1. The lowest BCUT2D eigenvalue weighted by molar-refractivity contribution is -0.118. The lowest BCUT2D eigenvalue weighted by atomic mass is 10.0. The Morgan fingerprint density at radius 3 is 2.89 bits per heavy atom. The predicted octanol–water partition coefficient (Wildman–Crippen LogP) is 2.36. The molecular weight excluding hydrogens is 362 g/mol. The summed E-state index contributed by atoms with van der Waals surface area (Å²) < 4.78 is 40.8. The number of rotatable bonds is 9. The zero-order chi connectivity index (χ0) is 19.3. The van der Waals surface area contributed by atoms with Crippen molar-refractivity contribution in [3.05, 3.63) is 29.8 Å². The fourth-order valence-electron chi connectivity index (χ4n) is 2.94. The predicted molar refractivity (Wildman–Crippen MR) is 92.0 cm³/mol. The molecule has 2 aliphatic rings. The van der Waals surface area contributed by atoms with Gasteiger partial charge in [-0.1, -0.05) is 0 Å². The van der Waals surface area contributed by atoms with Crippen LogP contribution in [0.4, 0.5) is 8.78 Å². The molecule has 2 heterocycles. The van der Waals surface area contributed by atoms with Crippen LogP contribution in [0.25, 0.3) is 5.70 Å². The highest BCUT2D eigenvalue weighted by Gasteiger charge is 2.39. The van der Waals surface area contributed by atoms with Crippen molar-refractivity contribution in [3.8, 4) is 11.5 Å². The van der Waals surface area contributed by atoms with Gasteiger partial charge in [0.05, 0.1) is 18.9 Å². The molecule has 1 unspecified atom stereocenters. The van der Waals surface area contributed by atoms with Crippen LogP contribution in [0, 0.1) is 0 Å². The van der Waals surface area contributed by atoms with Gasteiger partial charge >= 0.3 is 6.61 Å². The van der Waals surface area contributed by atoms with Crippen molar-refractivity contribution in [2.45, 2.75) is 37.9 Å². The molecule has 1 atom stereocenters. The number of carbonyl (C=O) groups is 1. The number of halogens is 2. The van der Waals surface area contributed by atoms with Gasteiger partial charge < -0.3 is 19.9 Å². The number of alkyl halides is 2. The minimum Gasteiger partial charge on any atom is -0.490 e. The largest absolute Gasteiger partial charge is 0.490 e. The van der Waals surface area contributed by atoms with Gasteiger partial charge in [-0.25, -0.2) is 0 Å². The molecule has 1 aromatic rings. The fraction of sp³-hybridized carbons (Fsp3) is 0.500. The van der Waals surface area contributed by atoms with Gasteiger partial charge in [-0.3, -0.25) is 15.1 Å². The molecule has 0 radical (unpaired) electrons. The number of amides is 1. The summed E-state index contributed by atoms with van der Waals surface area (Å²) >= 11 is 0. The Morgan fingerprint density at radius 2 is 2.19 bits per heavy atom. The molecule has 1 saturated heterocycles. The van der Waals surface area contributed by atoms with E-state index in [9.17, 15) is 13.6 Å². The highest BCUT2D eigenvalue weighted by Crippen LogP contribution is 2.36. The molecule has 3 rings (SSSR count). The Hall–Kier alpha value is -2.39. The smallest absolute Gasteiger partial charge is 0.387 e. The first-order valence-electron chi connectivity index (χ1n) is 8.72. The number of primary amides is 1. The zero-order valence-corrected chi connectivity index (χ0v) is 14.7. The summed E-state index contributed by atoms with van der Waals surface area (Å²) in [6, 6.07) is 4.69. The zero-order valence-electron chi connectivity index (χ0n) is 14.7.